The summed E-state index contributed by atoms with van der Waals surface area (Å²) in [6, 6.07) is 3.20. The van der Waals surface area contributed by atoms with Crippen molar-refractivity contribution >= 4 is 23.1 Å². The summed E-state index contributed by atoms with van der Waals surface area (Å²) >= 11 is 5.92. The molecule has 1 N–H and O–H groups in total. The molecule has 0 radical (unpaired) electrons. The summed E-state index contributed by atoms with van der Waals surface area (Å²) in [5.74, 6) is 0.439. The molecule has 0 fully saturated rings. The predicted molar refractivity (Wildman–Crippen MR) is 71.3 cm³/mol. The first kappa shape index (κ1) is 13.3. The van der Waals surface area contributed by atoms with Crippen molar-refractivity contribution < 1.29 is 4.92 Å². The van der Waals surface area contributed by atoms with E-state index in [1.54, 1.807) is 10.9 Å². The van der Waals surface area contributed by atoms with E-state index in [2.05, 4.69) is 15.4 Å². The Morgan fingerprint density at radius 1 is 1.58 bits per heavy atom. The van der Waals surface area contributed by atoms with Crippen molar-refractivity contribution in [3.05, 3.63) is 45.4 Å². The van der Waals surface area contributed by atoms with Crippen LogP contribution in [-0.4, -0.2) is 26.2 Å². The maximum Gasteiger partial charge on any atom is 0.289 e. The molecule has 0 spiro atoms. The Bertz CT molecular complexity index is 599. The molecule has 7 nitrogen and oxygen atoms in total. The van der Waals surface area contributed by atoms with Gasteiger partial charge in [-0.15, -0.1) is 0 Å². The van der Waals surface area contributed by atoms with Gasteiger partial charge in [0, 0.05) is 38.0 Å². The Morgan fingerprint density at radius 2 is 2.37 bits per heavy atom. The maximum absolute atomic E-state index is 10.5. The van der Waals surface area contributed by atoms with Gasteiger partial charge in [-0.05, 0) is 6.07 Å². The molecule has 2 aromatic rings. The highest BCUT2D eigenvalue weighted by molar-refractivity contribution is 6.33. The lowest BCUT2D eigenvalue weighted by molar-refractivity contribution is -0.385. The topological polar surface area (TPSA) is 85.9 Å². The van der Waals surface area contributed by atoms with Gasteiger partial charge in [0.1, 0.15) is 12.0 Å². The summed E-state index contributed by atoms with van der Waals surface area (Å²) in [6.45, 7) is 0.615. The highest BCUT2D eigenvalue weighted by Crippen LogP contribution is 2.23. The fourth-order valence-electron chi connectivity index (χ4n) is 1.61. The summed E-state index contributed by atoms with van der Waals surface area (Å²) in [6.07, 6.45) is 3.66. The Labute approximate surface area is 114 Å². The van der Waals surface area contributed by atoms with Gasteiger partial charge in [0.25, 0.3) is 5.69 Å². The summed E-state index contributed by atoms with van der Waals surface area (Å²) in [5.41, 5.74) is 0.952. The molecule has 0 atom stereocenters. The van der Waals surface area contributed by atoms with Crippen molar-refractivity contribution in [3.63, 3.8) is 0 Å². The van der Waals surface area contributed by atoms with Gasteiger partial charge >= 0.3 is 0 Å². The molecule has 0 saturated carbocycles. The SMILES string of the molecule is Cn1nccc1CCNc1ncc([N+](=O)[O-])cc1Cl. The van der Waals surface area contributed by atoms with Crippen LogP contribution in [0.25, 0.3) is 0 Å². The lowest BCUT2D eigenvalue weighted by Crippen LogP contribution is -2.09. The first-order chi connectivity index (χ1) is 9.08. The minimum absolute atomic E-state index is 0.123. The number of nitrogens with zero attached hydrogens (tertiary/aromatic N) is 4. The molecule has 0 bridgehead atoms. The molecule has 2 rings (SSSR count). The largest absolute Gasteiger partial charge is 0.368 e. The smallest absolute Gasteiger partial charge is 0.289 e. The number of hydrogen-bond donors (Lipinski definition) is 1. The zero-order valence-corrected chi connectivity index (χ0v) is 11.0. The summed E-state index contributed by atoms with van der Waals surface area (Å²) in [4.78, 5) is 14.0. The molecule has 19 heavy (non-hydrogen) atoms. The molecule has 100 valence electrons. The van der Waals surface area contributed by atoms with E-state index in [1.807, 2.05) is 13.1 Å². The molecule has 0 aliphatic rings. The van der Waals surface area contributed by atoms with E-state index in [1.165, 1.54) is 12.3 Å². The van der Waals surface area contributed by atoms with E-state index in [4.69, 9.17) is 11.6 Å². The molecule has 2 aromatic heterocycles. The number of aromatic nitrogens is 3. The van der Waals surface area contributed by atoms with Crippen molar-refractivity contribution in [1.82, 2.24) is 14.8 Å². The van der Waals surface area contributed by atoms with Crippen molar-refractivity contribution in [2.75, 3.05) is 11.9 Å². The summed E-state index contributed by atoms with van der Waals surface area (Å²) < 4.78 is 1.78. The molecule has 0 aromatic carbocycles. The fraction of sp³-hybridized carbons (Fsp3) is 0.273. The predicted octanol–water partition coefficient (Wildman–Crippen LogP) is 2.03. The van der Waals surface area contributed by atoms with Crippen LogP contribution in [0.5, 0.6) is 0 Å². The van der Waals surface area contributed by atoms with Crippen molar-refractivity contribution in [2.24, 2.45) is 7.05 Å². The second-order valence-electron chi connectivity index (χ2n) is 3.90. The van der Waals surface area contributed by atoms with Crippen LogP contribution < -0.4 is 5.32 Å². The van der Waals surface area contributed by atoms with Gasteiger partial charge in [0.2, 0.25) is 0 Å². The van der Waals surface area contributed by atoms with E-state index in [-0.39, 0.29) is 10.7 Å². The normalized spacial score (nSPS) is 10.4. The van der Waals surface area contributed by atoms with Gasteiger partial charge < -0.3 is 5.32 Å². The fourth-order valence-corrected chi connectivity index (χ4v) is 1.84. The first-order valence-electron chi connectivity index (χ1n) is 5.58. The summed E-state index contributed by atoms with van der Waals surface area (Å²) in [7, 11) is 1.87. The molecule has 0 saturated heterocycles. The third-order valence-electron chi connectivity index (χ3n) is 2.63. The molecule has 0 aliphatic carbocycles. The average Bonchev–Trinajstić information content (AvgIpc) is 2.77. The van der Waals surface area contributed by atoms with Gasteiger partial charge in [-0.1, -0.05) is 11.6 Å². The van der Waals surface area contributed by atoms with Gasteiger partial charge in [-0.2, -0.15) is 5.10 Å². The van der Waals surface area contributed by atoms with Crippen LogP contribution >= 0.6 is 11.6 Å². The number of rotatable bonds is 5. The number of anilines is 1. The maximum atomic E-state index is 10.5. The van der Waals surface area contributed by atoms with Crippen LogP contribution in [0.1, 0.15) is 5.69 Å². The standard InChI is InChI=1S/C11H12ClN5O2/c1-16-8(3-5-15-16)2-4-13-11-10(12)6-9(7-14-11)17(18)19/h3,5-7H,2,4H2,1H3,(H,13,14). The Hall–Kier alpha value is -2.15. The Kier molecular flexibility index (Phi) is 3.96. The van der Waals surface area contributed by atoms with E-state index < -0.39 is 4.92 Å². The molecule has 2 heterocycles. The highest BCUT2D eigenvalue weighted by Gasteiger charge is 2.10. The highest BCUT2D eigenvalue weighted by atomic mass is 35.5. The zero-order chi connectivity index (χ0) is 13.8. The van der Waals surface area contributed by atoms with Crippen molar-refractivity contribution in [3.8, 4) is 0 Å². The van der Waals surface area contributed by atoms with E-state index in [0.29, 0.717) is 12.4 Å². The Morgan fingerprint density at radius 3 is 2.95 bits per heavy atom. The second-order valence-corrected chi connectivity index (χ2v) is 4.31. The van der Waals surface area contributed by atoms with E-state index >= 15 is 0 Å². The van der Waals surface area contributed by atoms with Gasteiger partial charge in [-0.3, -0.25) is 14.8 Å². The van der Waals surface area contributed by atoms with E-state index in [0.717, 1.165) is 12.1 Å². The number of pyridine rings is 1. The molecule has 0 aliphatic heterocycles. The molecular weight excluding hydrogens is 270 g/mol. The summed E-state index contributed by atoms with van der Waals surface area (Å²) in [5, 5.41) is 17.9. The van der Waals surface area contributed by atoms with Gasteiger partial charge in [0.05, 0.1) is 9.95 Å². The van der Waals surface area contributed by atoms with Crippen LogP contribution in [0.15, 0.2) is 24.5 Å². The van der Waals surface area contributed by atoms with Crippen molar-refractivity contribution in [1.29, 1.82) is 0 Å². The van der Waals surface area contributed by atoms with Crippen molar-refractivity contribution in [2.45, 2.75) is 6.42 Å². The van der Waals surface area contributed by atoms with Crippen LogP contribution in [-0.2, 0) is 13.5 Å². The number of halogens is 1. The first-order valence-corrected chi connectivity index (χ1v) is 5.96. The molecule has 8 heteroatoms. The van der Waals surface area contributed by atoms with Crippen LogP contribution in [0.2, 0.25) is 5.02 Å². The number of nitrogens with one attached hydrogen (secondary N) is 1. The lowest BCUT2D eigenvalue weighted by Gasteiger charge is -2.07. The number of hydrogen-bond acceptors (Lipinski definition) is 5. The minimum atomic E-state index is -0.529. The average molecular weight is 282 g/mol. The second kappa shape index (κ2) is 5.66. The molecule has 0 unspecified atom stereocenters. The van der Waals surface area contributed by atoms with Crippen LogP contribution in [0.4, 0.5) is 11.5 Å². The third kappa shape index (κ3) is 3.19. The molecular formula is C11H12ClN5O2. The minimum Gasteiger partial charge on any atom is -0.368 e. The van der Waals surface area contributed by atoms with Gasteiger partial charge in [0.15, 0.2) is 0 Å². The number of aryl methyl sites for hydroxylation is 1. The van der Waals surface area contributed by atoms with Crippen LogP contribution in [0, 0.1) is 10.1 Å². The van der Waals surface area contributed by atoms with E-state index in [9.17, 15) is 10.1 Å². The monoisotopic (exact) mass is 281 g/mol. The van der Waals surface area contributed by atoms with Crippen LogP contribution in [0.3, 0.4) is 0 Å². The quantitative estimate of drug-likeness (QED) is 0.669. The Balaban J connectivity index is 1.96. The zero-order valence-electron chi connectivity index (χ0n) is 10.2. The number of nitro groups is 1. The lowest BCUT2D eigenvalue weighted by atomic mass is 10.3. The van der Waals surface area contributed by atoms with Gasteiger partial charge in [-0.25, -0.2) is 4.98 Å². The third-order valence-corrected chi connectivity index (χ3v) is 2.92. The molecule has 0 amide bonds.